The van der Waals surface area contributed by atoms with Crippen molar-refractivity contribution in [3.63, 3.8) is 0 Å². The van der Waals surface area contributed by atoms with Gasteiger partial charge in [0.1, 0.15) is 0 Å². The van der Waals surface area contributed by atoms with E-state index in [1.165, 1.54) is 52.6 Å². The van der Waals surface area contributed by atoms with Crippen LogP contribution in [0, 0.1) is 27.7 Å². The first-order valence-electron chi connectivity index (χ1n) is 14.4. The van der Waals surface area contributed by atoms with E-state index in [2.05, 4.69) is 73.7 Å². The molecule has 5 heteroatoms. The van der Waals surface area contributed by atoms with Crippen molar-refractivity contribution in [2.75, 3.05) is 20.2 Å². The molecule has 0 bridgehead atoms. The van der Waals surface area contributed by atoms with Crippen molar-refractivity contribution >= 4 is 0 Å². The van der Waals surface area contributed by atoms with Gasteiger partial charge < -0.3 is 10.1 Å². The molecule has 1 unspecified atom stereocenters. The number of pyridine rings is 1. The number of hydrogen-bond donors (Lipinski definition) is 1. The van der Waals surface area contributed by atoms with Crippen LogP contribution in [-0.4, -0.2) is 35.0 Å². The molecule has 0 spiro atoms. The summed E-state index contributed by atoms with van der Waals surface area (Å²) in [5.74, 6) is 2.74. The number of benzene rings is 2. The number of hydrogen-bond acceptors (Lipinski definition) is 4. The van der Waals surface area contributed by atoms with Crippen LogP contribution < -0.4 is 10.1 Å². The molecular formula is C34H40N4O. The Kier molecular flexibility index (Phi) is 7.03. The molecule has 4 aromatic rings. The maximum atomic E-state index is 5.65. The van der Waals surface area contributed by atoms with Crippen LogP contribution in [0.2, 0.25) is 0 Å². The Balaban J connectivity index is 1.35. The topological polar surface area (TPSA) is 52.0 Å². The predicted octanol–water partition coefficient (Wildman–Crippen LogP) is 6.92. The first-order valence-corrected chi connectivity index (χ1v) is 14.4. The summed E-state index contributed by atoms with van der Waals surface area (Å²) >= 11 is 0. The number of nitrogens with zero attached hydrogens (tertiary/aromatic N) is 3. The monoisotopic (exact) mass is 520 g/mol. The predicted molar refractivity (Wildman–Crippen MR) is 158 cm³/mol. The van der Waals surface area contributed by atoms with Crippen LogP contribution in [0.5, 0.6) is 5.88 Å². The average Bonchev–Trinajstić information content (AvgIpc) is 3.55. The van der Waals surface area contributed by atoms with E-state index in [1.807, 2.05) is 17.8 Å². The molecule has 1 aliphatic carbocycles. The van der Waals surface area contributed by atoms with Crippen molar-refractivity contribution in [2.45, 2.75) is 71.6 Å². The first kappa shape index (κ1) is 25.8. The lowest BCUT2D eigenvalue weighted by molar-refractivity contribution is 0.379. The lowest BCUT2D eigenvalue weighted by Gasteiger charge is -2.26. The zero-order chi connectivity index (χ0) is 27.1. The van der Waals surface area contributed by atoms with Crippen LogP contribution in [0.15, 0.2) is 48.7 Å². The molecule has 2 aliphatic rings. The molecule has 5 nitrogen and oxygen atoms in total. The molecule has 202 valence electrons. The number of aryl methyl sites for hydroxylation is 3. The van der Waals surface area contributed by atoms with Gasteiger partial charge in [-0.25, -0.2) is 4.98 Å². The molecule has 6 rings (SSSR count). The van der Waals surface area contributed by atoms with Crippen molar-refractivity contribution in [2.24, 2.45) is 0 Å². The minimum absolute atomic E-state index is 0.493. The van der Waals surface area contributed by atoms with Crippen molar-refractivity contribution < 1.29 is 4.74 Å². The maximum absolute atomic E-state index is 5.65. The maximum Gasteiger partial charge on any atom is 0.220 e. The van der Waals surface area contributed by atoms with Gasteiger partial charge in [-0.15, -0.1) is 0 Å². The minimum Gasteiger partial charge on any atom is -0.481 e. The van der Waals surface area contributed by atoms with Crippen LogP contribution in [0.1, 0.15) is 75.6 Å². The van der Waals surface area contributed by atoms with Crippen LogP contribution >= 0.6 is 0 Å². The second-order valence-electron chi connectivity index (χ2n) is 11.5. The lowest BCUT2D eigenvalue weighted by atomic mass is 9.82. The van der Waals surface area contributed by atoms with Gasteiger partial charge >= 0.3 is 0 Å². The van der Waals surface area contributed by atoms with E-state index in [9.17, 15) is 0 Å². The summed E-state index contributed by atoms with van der Waals surface area (Å²) in [5, 5.41) is 8.09. The van der Waals surface area contributed by atoms with Gasteiger partial charge in [-0.2, -0.15) is 9.78 Å². The van der Waals surface area contributed by atoms with E-state index < -0.39 is 0 Å². The molecule has 2 aromatic carbocycles. The van der Waals surface area contributed by atoms with Crippen molar-refractivity contribution in [3.8, 4) is 23.0 Å². The zero-order valence-corrected chi connectivity index (χ0v) is 24.0. The van der Waals surface area contributed by atoms with Crippen molar-refractivity contribution in [1.82, 2.24) is 20.1 Å². The highest BCUT2D eigenvalue weighted by molar-refractivity contribution is 5.69. The molecule has 1 saturated heterocycles. The Morgan fingerprint density at radius 2 is 1.74 bits per heavy atom. The van der Waals surface area contributed by atoms with Gasteiger partial charge in [-0.1, -0.05) is 36.4 Å². The van der Waals surface area contributed by atoms with Crippen LogP contribution in [0.3, 0.4) is 0 Å². The molecule has 0 radical (unpaired) electrons. The fourth-order valence-corrected chi connectivity index (χ4v) is 6.87. The molecule has 39 heavy (non-hydrogen) atoms. The third-order valence-corrected chi connectivity index (χ3v) is 9.19. The number of piperidine rings is 1. The van der Waals surface area contributed by atoms with Crippen LogP contribution in [-0.2, 0) is 12.8 Å². The fraction of sp³-hybridized carbons (Fsp3) is 0.412. The highest BCUT2D eigenvalue weighted by atomic mass is 16.5. The van der Waals surface area contributed by atoms with E-state index >= 15 is 0 Å². The number of rotatable bonds is 6. The van der Waals surface area contributed by atoms with Crippen molar-refractivity contribution in [1.29, 1.82) is 0 Å². The highest BCUT2D eigenvalue weighted by Gasteiger charge is 2.28. The smallest absolute Gasteiger partial charge is 0.220 e. The Labute approximate surface area is 232 Å². The lowest BCUT2D eigenvalue weighted by Crippen LogP contribution is -2.27. The summed E-state index contributed by atoms with van der Waals surface area (Å²) < 4.78 is 7.48. The molecule has 0 saturated carbocycles. The van der Waals surface area contributed by atoms with E-state index in [0.717, 1.165) is 54.4 Å². The average molecular weight is 521 g/mol. The standard InChI is InChI=1S/C34H40N4O/c1-21-9-14-31(37-33(21)38-34(39-5)22(2)20-36-38)30-8-6-7-26-10-11-28(32(26)30)19-27-12-13-29(24(4)23(27)3)25-15-17-35-18-16-25/h6-9,12-14,20,25,28,35H,10-11,15-19H2,1-5H3. The van der Waals surface area contributed by atoms with Gasteiger partial charge in [-0.3, -0.25) is 0 Å². The van der Waals surface area contributed by atoms with Gasteiger partial charge in [0.25, 0.3) is 0 Å². The number of nitrogens with one attached hydrogen (secondary N) is 1. The quantitative estimate of drug-likeness (QED) is 0.300. The molecule has 1 atom stereocenters. The summed E-state index contributed by atoms with van der Waals surface area (Å²) in [7, 11) is 1.69. The van der Waals surface area contributed by atoms with Crippen LogP contribution in [0.4, 0.5) is 0 Å². The third kappa shape index (κ3) is 4.67. The summed E-state index contributed by atoms with van der Waals surface area (Å²) in [6.45, 7) is 11.0. The highest BCUT2D eigenvalue weighted by Crippen LogP contribution is 2.43. The molecule has 1 aliphatic heterocycles. The van der Waals surface area contributed by atoms with Gasteiger partial charge in [0.2, 0.25) is 5.88 Å². The second-order valence-corrected chi connectivity index (χ2v) is 11.5. The normalized spacial score (nSPS) is 17.4. The summed E-state index contributed by atoms with van der Waals surface area (Å²) in [6, 6.07) is 15.9. The SMILES string of the molecule is COc1c(C)cnn1-c1nc(-c2cccc3c2C(Cc2ccc(C4CCNCC4)c(C)c2C)CC3)ccc1C. The summed E-state index contributed by atoms with van der Waals surface area (Å²) in [4.78, 5) is 5.16. The van der Waals surface area contributed by atoms with E-state index in [1.54, 1.807) is 12.7 Å². The van der Waals surface area contributed by atoms with E-state index in [-0.39, 0.29) is 0 Å². The molecular weight excluding hydrogens is 480 g/mol. The van der Waals surface area contributed by atoms with Gasteiger partial charge in [0.05, 0.1) is 19.0 Å². The second kappa shape index (κ2) is 10.6. The van der Waals surface area contributed by atoms with Gasteiger partial charge in [0.15, 0.2) is 5.82 Å². The summed E-state index contributed by atoms with van der Waals surface area (Å²) in [5.41, 5.74) is 13.3. The number of methoxy groups -OCH3 is 1. The zero-order valence-electron chi connectivity index (χ0n) is 24.0. The Bertz CT molecular complexity index is 1510. The number of fused-ring (bicyclic) bond motifs is 1. The molecule has 2 aromatic heterocycles. The van der Waals surface area contributed by atoms with E-state index in [0.29, 0.717) is 11.8 Å². The number of aromatic nitrogens is 3. The largest absolute Gasteiger partial charge is 0.481 e. The van der Waals surface area contributed by atoms with Crippen LogP contribution in [0.25, 0.3) is 17.1 Å². The fourth-order valence-electron chi connectivity index (χ4n) is 6.87. The third-order valence-electron chi connectivity index (χ3n) is 9.19. The Morgan fingerprint density at radius 3 is 2.54 bits per heavy atom. The molecule has 1 fully saturated rings. The Hall–Kier alpha value is -3.44. The number of ether oxygens (including phenoxy) is 1. The summed E-state index contributed by atoms with van der Waals surface area (Å²) in [6.07, 6.45) is 7.72. The van der Waals surface area contributed by atoms with E-state index in [4.69, 9.17) is 9.72 Å². The molecule has 1 N–H and O–H groups in total. The van der Waals surface area contributed by atoms with Gasteiger partial charge in [0, 0.05) is 11.1 Å². The Morgan fingerprint density at radius 1 is 0.923 bits per heavy atom. The minimum atomic E-state index is 0.493. The van der Waals surface area contributed by atoms with Crippen molar-refractivity contribution in [3.05, 3.63) is 93.2 Å². The molecule has 0 amide bonds. The van der Waals surface area contributed by atoms with Gasteiger partial charge in [-0.05, 0) is 130 Å². The molecule has 3 heterocycles. The first-order chi connectivity index (χ1) is 19.0.